The van der Waals surface area contributed by atoms with Crippen LogP contribution in [-0.4, -0.2) is 29.2 Å². The van der Waals surface area contributed by atoms with Crippen molar-refractivity contribution in [3.05, 3.63) is 72.6 Å². The van der Waals surface area contributed by atoms with E-state index in [1.54, 1.807) is 26.6 Å². The van der Waals surface area contributed by atoms with Gasteiger partial charge in [-0.3, -0.25) is 4.98 Å². The van der Waals surface area contributed by atoms with Gasteiger partial charge in [0.1, 0.15) is 5.82 Å². The lowest BCUT2D eigenvalue weighted by Gasteiger charge is -2.14. The zero-order valence-electron chi connectivity index (χ0n) is 15.7. The first-order valence-electron chi connectivity index (χ1n) is 8.90. The molecule has 0 aliphatic carbocycles. The number of anilines is 1. The van der Waals surface area contributed by atoms with Crippen molar-refractivity contribution in [3.63, 3.8) is 0 Å². The maximum Gasteiger partial charge on any atom is 0.163 e. The molecule has 0 spiro atoms. The highest BCUT2D eigenvalue weighted by molar-refractivity contribution is 5.93. The number of hydrogen-bond donors (Lipinski definition) is 1. The summed E-state index contributed by atoms with van der Waals surface area (Å²) in [5.41, 5.74) is 2.78. The van der Waals surface area contributed by atoms with Crippen molar-refractivity contribution in [1.29, 1.82) is 0 Å². The van der Waals surface area contributed by atoms with Crippen LogP contribution >= 0.6 is 0 Å². The Balaban J connectivity index is 1.83. The molecule has 6 heteroatoms. The van der Waals surface area contributed by atoms with Crippen LogP contribution in [0.1, 0.15) is 5.56 Å². The van der Waals surface area contributed by atoms with Gasteiger partial charge in [0.15, 0.2) is 17.3 Å². The summed E-state index contributed by atoms with van der Waals surface area (Å²) in [6.45, 7) is 0.647. The van der Waals surface area contributed by atoms with Gasteiger partial charge in [-0.15, -0.1) is 0 Å². The van der Waals surface area contributed by atoms with Gasteiger partial charge in [0.2, 0.25) is 0 Å². The molecule has 0 fully saturated rings. The summed E-state index contributed by atoms with van der Waals surface area (Å²) in [7, 11) is 3.23. The SMILES string of the molecule is COc1cc2nc(-c3cccnc3)nc(NCc3ccccc3)c2cc1OC. The Morgan fingerprint density at radius 1 is 0.893 bits per heavy atom. The maximum atomic E-state index is 5.46. The number of nitrogens with one attached hydrogen (secondary N) is 1. The largest absolute Gasteiger partial charge is 0.493 e. The van der Waals surface area contributed by atoms with Crippen molar-refractivity contribution >= 4 is 16.7 Å². The number of nitrogens with zero attached hydrogens (tertiary/aromatic N) is 3. The van der Waals surface area contributed by atoms with Crippen LogP contribution in [0.4, 0.5) is 5.82 Å². The standard InChI is InChI=1S/C22H20N4O2/c1-27-19-11-17-18(12-20(19)28-2)25-21(16-9-6-10-23-14-16)26-22(17)24-13-15-7-4-3-5-8-15/h3-12,14H,13H2,1-2H3,(H,24,25,26). The second-order valence-corrected chi connectivity index (χ2v) is 6.20. The maximum absolute atomic E-state index is 5.46. The summed E-state index contributed by atoms with van der Waals surface area (Å²) in [6.07, 6.45) is 3.48. The smallest absolute Gasteiger partial charge is 0.163 e. The van der Waals surface area contributed by atoms with Crippen molar-refractivity contribution in [2.45, 2.75) is 6.54 Å². The molecule has 4 rings (SSSR count). The lowest BCUT2D eigenvalue weighted by Crippen LogP contribution is -2.05. The molecule has 6 nitrogen and oxygen atoms in total. The molecule has 0 atom stereocenters. The number of aromatic nitrogens is 3. The van der Waals surface area contributed by atoms with Gasteiger partial charge >= 0.3 is 0 Å². The highest BCUT2D eigenvalue weighted by Crippen LogP contribution is 2.35. The fraction of sp³-hybridized carbons (Fsp3) is 0.136. The molecule has 2 aromatic carbocycles. The quantitative estimate of drug-likeness (QED) is 0.544. The van der Waals surface area contributed by atoms with Gasteiger partial charge in [-0.2, -0.15) is 0 Å². The predicted octanol–water partition coefficient (Wildman–Crippen LogP) is 4.32. The molecule has 0 unspecified atom stereocenters. The highest BCUT2D eigenvalue weighted by Gasteiger charge is 2.14. The first kappa shape index (κ1) is 17.7. The Morgan fingerprint density at radius 2 is 1.68 bits per heavy atom. The normalized spacial score (nSPS) is 10.6. The molecule has 0 aliphatic heterocycles. The average molecular weight is 372 g/mol. The fourth-order valence-corrected chi connectivity index (χ4v) is 3.00. The molecule has 0 radical (unpaired) electrons. The van der Waals surface area contributed by atoms with Crippen molar-refractivity contribution in [2.24, 2.45) is 0 Å². The molecule has 0 amide bonds. The van der Waals surface area contributed by atoms with Crippen molar-refractivity contribution in [1.82, 2.24) is 15.0 Å². The first-order chi connectivity index (χ1) is 13.8. The zero-order valence-corrected chi connectivity index (χ0v) is 15.7. The summed E-state index contributed by atoms with van der Waals surface area (Å²) in [5, 5.41) is 4.30. The van der Waals surface area contributed by atoms with Crippen LogP contribution in [0.2, 0.25) is 0 Å². The lowest BCUT2D eigenvalue weighted by atomic mass is 10.1. The van der Waals surface area contributed by atoms with E-state index in [-0.39, 0.29) is 0 Å². The summed E-state index contributed by atoms with van der Waals surface area (Å²) >= 11 is 0. The molecule has 4 aromatic rings. The fourth-order valence-electron chi connectivity index (χ4n) is 3.00. The Bertz CT molecular complexity index is 1090. The Labute approximate surface area is 163 Å². The Hall–Kier alpha value is -3.67. The highest BCUT2D eigenvalue weighted by atomic mass is 16.5. The summed E-state index contributed by atoms with van der Waals surface area (Å²) in [5.74, 6) is 2.59. The van der Waals surface area contributed by atoms with Gasteiger partial charge in [0.25, 0.3) is 0 Å². The van der Waals surface area contributed by atoms with Gasteiger partial charge in [-0.05, 0) is 23.8 Å². The predicted molar refractivity (Wildman–Crippen MR) is 110 cm³/mol. The van der Waals surface area contributed by atoms with Crippen molar-refractivity contribution < 1.29 is 9.47 Å². The topological polar surface area (TPSA) is 69.2 Å². The second-order valence-electron chi connectivity index (χ2n) is 6.20. The molecule has 2 heterocycles. The van der Waals surface area contributed by atoms with E-state index in [1.165, 1.54) is 0 Å². The van der Waals surface area contributed by atoms with Crippen LogP contribution < -0.4 is 14.8 Å². The number of rotatable bonds is 6. The third-order valence-corrected chi connectivity index (χ3v) is 4.42. The second kappa shape index (κ2) is 7.92. The van der Waals surface area contributed by atoms with Crippen LogP contribution in [0.5, 0.6) is 11.5 Å². The van der Waals surface area contributed by atoms with E-state index < -0.39 is 0 Å². The summed E-state index contributed by atoms with van der Waals surface area (Å²) in [4.78, 5) is 13.7. The molecule has 2 aromatic heterocycles. The van der Waals surface area contributed by atoms with Gasteiger partial charge in [0, 0.05) is 36.0 Å². The molecule has 0 aliphatic rings. The molecule has 140 valence electrons. The molecule has 28 heavy (non-hydrogen) atoms. The van der Waals surface area contributed by atoms with E-state index in [1.807, 2.05) is 42.5 Å². The average Bonchev–Trinajstić information content (AvgIpc) is 2.77. The third-order valence-electron chi connectivity index (χ3n) is 4.42. The van der Waals surface area contributed by atoms with Gasteiger partial charge < -0.3 is 14.8 Å². The van der Waals surface area contributed by atoms with Crippen molar-refractivity contribution in [2.75, 3.05) is 19.5 Å². The Kier molecular flexibility index (Phi) is 5.01. The van der Waals surface area contributed by atoms with Crippen LogP contribution in [-0.2, 0) is 6.54 Å². The molecule has 0 saturated carbocycles. The Morgan fingerprint density at radius 3 is 2.39 bits per heavy atom. The summed E-state index contributed by atoms with van der Waals surface area (Å²) < 4.78 is 10.9. The third kappa shape index (κ3) is 3.57. The monoisotopic (exact) mass is 372 g/mol. The van der Waals surface area contributed by atoms with E-state index in [4.69, 9.17) is 19.4 Å². The number of benzene rings is 2. The molecule has 0 bridgehead atoms. The molecule has 0 saturated heterocycles. The first-order valence-corrected chi connectivity index (χ1v) is 8.90. The minimum atomic E-state index is 0.600. The van der Waals surface area contributed by atoms with Gasteiger partial charge in [-0.1, -0.05) is 30.3 Å². The minimum absolute atomic E-state index is 0.600. The number of hydrogen-bond acceptors (Lipinski definition) is 6. The number of pyridine rings is 1. The van der Waals surface area contributed by atoms with Gasteiger partial charge in [0.05, 0.1) is 19.7 Å². The van der Waals surface area contributed by atoms with E-state index in [2.05, 4.69) is 22.4 Å². The van der Waals surface area contributed by atoms with Crippen LogP contribution in [0.3, 0.4) is 0 Å². The lowest BCUT2D eigenvalue weighted by molar-refractivity contribution is 0.356. The van der Waals surface area contributed by atoms with Crippen LogP contribution in [0.15, 0.2) is 67.0 Å². The van der Waals surface area contributed by atoms with E-state index >= 15 is 0 Å². The summed E-state index contributed by atoms with van der Waals surface area (Å²) in [6, 6.07) is 17.8. The zero-order chi connectivity index (χ0) is 19.3. The minimum Gasteiger partial charge on any atom is -0.493 e. The molecular weight excluding hydrogens is 352 g/mol. The van der Waals surface area contributed by atoms with Gasteiger partial charge in [-0.25, -0.2) is 9.97 Å². The number of methoxy groups -OCH3 is 2. The van der Waals surface area contributed by atoms with E-state index in [0.29, 0.717) is 23.9 Å². The number of fused-ring (bicyclic) bond motifs is 1. The van der Waals surface area contributed by atoms with Crippen molar-refractivity contribution in [3.8, 4) is 22.9 Å². The van der Waals surface area contributed by atoms with Crippen LogP contribution in [0, 0.1) is 0 Å². The molecule has 1 N–H and O–H groups in total. The van der Waals surface area contributed by atoms with E-state index in [9.17, 15) is 0 Å². The molecular formula is C22H20N4O2. The van der Waals surface area contributed by atoms with Crippen LogP contribution in [0.25, 0.3) is 22.3 Å². The number of ether oxygens (including phenoxy) is 2. The van der Waals surface area contributed by atoms with E-state index in [0.717, 1.165) is 27.8 Å².